The maximum Gasteiger partial charge on any atom is 0.491 e. The molecular formula is C52H67BN4O7. The second-order valence-electron chi connectivity index (χ2n) is 18.9. The Hall–Kier alpha value is -4.93. The second kappa shape index (κ2) is 20.5. The van der Waals surface area contributed by atoms with Crippen molar-refractivity contribution < 1.29 is 33.1 Å². The number of carbonyl (C=O) groups excluding carboxylic acids is 1. The molecule has 0 saturated carbocycles. The summed E-state index contributed by atoms with van der Waals surface area (Å²) in [7, 11) is -0.479. The number of fused-ring (bicyclic) bond motifs is 2. The SMILES string of the molecule is CC/C(B1OC(C)(C)C(C)(C)O1)=C(/c1ccc(OCCCC(=O)OC(C)(C)C)cc1)c1ccc2c(cnn2C2CCCCO2)c1.CCC#Cc1ccc2c(cnn2C2CCCCO2)c1. The van der Waals surface area contributed by atoms with Gasteiger partial charge < -0.3 is 28.3 Å². The van der Waals surface area contributed by atoms with Gasteiger partial charge in [-0.25, -0.2) is 9.36 Å². The fourth-order valence-corrected chi connectivity index (χ4v) is 8.32. The van der Waals surface area contributed by atoms with E-state index in [1.54, 1.807) is 0 Å². The van der Waals surface area contributed by atoms with Gasteiger partial charge >= 0.3 is 13.1 Å². The first-order chi connectivity index (χ1) is 30.7. The van der Waals surface area contributed by atoms with Crippen molar-refractivity contribution in [2.45, 2.75) is 156 Å². The summed E-state index contributed by atoms with van der Waals surface area (Å²) < 4.78 is 40.4. The van der Waals surface area contributed by atoms with Crippen molar-refractivity contribution in [1.82, 2.24) is 19.6 Å². The second-order valence-corrected chi connectivity index (χ2v) is 18.9. The molecule has 3 aromatic carbocycles. The summed E-state index contributed by atoms with van der Waals surface area (Å²) in [6, 6.07) is 20.9. The summed E-state index contributed by atoms with van der Waals surface area (Å²) >= 11 is 0. The fourth-order valence-electron chi connectivity index (χ4n) is 8.32. The van der Waals surface area contributed by atoms with Crippen molar-refractivity contribution in [1.29, 1.82) is 0 Å². The van der Waals surface area contributed by atoms with Gasteiger partial charge in [0.1, 0.15) is 11.4 Å². The fraction of sp³-hybridized carbons (Fsp3) is 0.519. The van der Waals surface area contributed by atoms with E-state index in [9.17, 15) is 4.79 Å². The average Bonchev–Trinajstić information content (AvgIpc) is 3.96. The monoisotopic (exact) mass is 871 g/mol. The van der Waals surface area contributed by atoms with Crippen molar-refractivity contribution >= 4 is 40.5 Å². The minimum Gasteiger partial charge on any atom is -0.494 e. The molecule has 5 heterocycles. The standard InChI is InChI=1S/C36H49BN2O6.C16H18N2O/c1-9-29(37-44-35(5,6)36(7,8)45-37)33(25-15-18-28(19-16-25)41-22-12-14-32(40)43-34(2,3)4)26-17-20-30-27(23-26)24-38-39(30)31-13-10-11-21-42-31;1-2-3-6-13-8-9-15-14(11-13)12-17-18(15)16-7-4-5-10-19-16/h15-20,23-24,31H,9-14,21-22H2,1-8H3;8-9,11-12,16H,2,4-5,7,10H2,1H3/b33-29+;. The maximum atomic E-state index is 12.1. The number of carbonyl (C=O) groups is 1. The summed E-state index contributed by atoms with van der Waals surface area (Å²) in [4.78, 5) is 12.1. The van der Waals surface area contributed by atoms with Crippen LogP contribution >= 0.6 is 0 Å². The number of hydrogen-bond acceptors (Lipinski definition) is 9. The van der Waals surface area contributed by atoms with Gasteiger partial charge in [-0.15, -0.1) is 0 Å². The number of allylic oxidation sites excluding steroid dienone is 1. The molecule has 340 valence electrons. The first kappa shape index (κ1) is 47.0. The number of rotatable bonds is 11. The lowest BCUT2D eigenvalue weighted by Crippen LogP contribution is -2.41. The predicted molar refractivity (Wildman–Crippen MR) is 254 cm³/mol. The largest absolute Gasteiger partial charge is 0.494 e. The topological polar surface area (TPSA) is 108 Å². The van der Waals surface area contributed by atoms with E-state index in [2.05, 4.69) is 107 Å². The normalized spacial score (nSPS) is 19.9. The van der Waals surface area contributed by atoms with Crippen LogP contribution in [0.3, 0.4) is 0 Å². The highest BCUT2D eigenvalue weighted by molar-refractivity contribution is 6.56. The quantitative estimate of drug-likeness (QED) is 0.0555. The minimum absolute atomic E-state index is 0.0234. The summed E-state index contributed by atoms with van der Waals surface area (Å²) in [6.45, 7) is 20.2. The Bertz CT molecular complexity index is 2440. The molecule has 8 rings (SSSR count). The lowest BCUT2D eigenvalue weighted by atomic mass is 9.70. The Labute approximate surface area is 380 Å². The van der Waals surface area contributed by atoms with E-state index in [0.717, 1.165) is 113 Å². The Morgan fingerprint density at radius 2 is 1.38 bits per heavy atom. The molecule has 5 aromatic rings. The van der Waals surface area contributed by atoms with Gasteiger partial charge in [0.15, 0.2) is 12.5 Å². The van der Waals surface area contributed by atoms with E-state index >= 15 is 0 Å². The number of benzene rings is 3. The summed E-state index contributed by atoms with van der Waals surface area (Å²) in [5.74, 6) is 6.80. The smallest absolute Gasteiger partial charge is 0.491 e. The van der Waals surface area contributed by atoms with Gasteiger partial charge in [-0.1, -0.05) is 43.9 Å². The molecule has 0 spiro atoms. The van der Waals surface area contributed by atoms with E-state index in [-0.39, 0.29) is 18.4 Å². The Balaban J connectivity index is 0.000000266. The van der Waals surface area contributed by atoms with Crippen LogP contribution in [0.15, 0.2) is 78.5 Å². The van der Waals surface area contributed by atoms with Gasteiger partial charge in [-0.3, -0.25) is 4.79 Å². The Kier molecular flexibility index (Phi) is 15.1. The van der Waals surface area contributed by atoms with E-state index in [1.165, 1.54) is 6.42 Å². The van der Waals surface area contributed by atoms with Crippen molar-refractivity contribution in [3.8, 4) is 17.6 Å². The molecule has 11 nitrogen and oxygen atoms in total. The Morgan fingerprint density at radius 3 is 1.92 bits per heavy atom. The number of hydrogen-bond donors (Lipinski definition) is 0. The van der Waals surface area contributed by atoms with Crippen molar-refractivity contribution in [2.75, 3.05) is 19.8 Å². The molecule has 2 unspecified atom stereocenters. The molecule has 3 saturated heterocycles. The van der Waals surface area contributed by atoms with Gasteiger partial charge in [0.05, 0.1) is 41.2 Å². The highest BCUT2D eigenvalue weighted by Gasteiger charge is 2.52. The highest BCUT2D eigenvalue weighted by Crippen LogP contribution is 2.42. The molecule has 0 aliphatic carbocycles. The zero-order valence-electron chi connectivity index (χ0n) is 39.5. The molecule has 0 radical (unpaired) electrons. The van der Waals surface area contributed by atoms with Crippen LogP contribution in [0, 0.1) is 11.8 Å². The van der Waals surface area contributed by atoms with Crippen molar-refractivity contribution in [3.63, 3.8) is 0 Å². The van der Waals surface area contributed by atoms with Crippen LogP contribution in [0.25, 0.3) is 27.4 Å². The van der Waals surface area contributed by atoms with Gasteiger partial charge in [-0.05, 0) is 164 Å². The van der Waals surface area contributed by atoms with Crippen LogP contribution < -0.4 is 4.74 Å². The van der Waals surface area contributed by atoms with Crippen LogP contribution in [0.2, 0.25) is 0 Å². The summed E-state index contributed by atoms with van der Waals surface area (Å²) in [5, 5.41) is 11.4. The van der Waals surface area contributed by atoms with E-state index in [0.29, 0.717) is 19.4 Å². The molecule has 0 amide bonds. The third kappa shape index (κ3) is 11.3. The third-order valence-electron chi connectivity index (χ3n) is 12.3. The van der Waals surface area contributed by atoms with Crippen molar-refractivity contribution in [3.05, 3.63) is 95.2 Å². The summed E-state index contributed by atoms with van der Waals surface area (Å²) in [5.41, 5.74) is 6.15. The van der Waals surface area contributed by atoms with Crippen LogP contribution in [0.1, 0.15) is 156 Å². The highest BCUT2D eigenvalue weighted by atomic mass is 16.7. The van der Waals surface area contributed by atoms with Gasteiger partial charge in [0.25, 0.3) is 0 Å². The maximum absolute atomic E-state index is 12.1. The number of nitrogens with zero attached hydrogens (tertiary/aromatic N) is 4. The molecule has 64 heavy (non-hydrogen) atoms. The van der Waals surface area contributed by atoms with E-state index < -0.39 is 23.9 Å². The molecule has 0 N–H and O–H groups in total. The molecular weight excluding hydrogens is 803 g/mol. The van der Waals surface area contributed by atoms with Crippen LogP contribution in [0.4, 0.5) is 0 Å². The van der Waals surface area contributed by atoms with E-state index in [1.807, 2.05) is 54.7 Å². The van der Waals surface area contributed by atoms with Gasteiger partial charge in [-0.2, -0.15) is 10.2 Å². The zero-order valence-corrected chi connectivity index (χ0v) is 39.5. The van der Waals surface area contributed by atoms with E-state index in [4.69, 9.17) is 33.4 Å². The minimum atomic E-state index is -0.481. The lowest BCUT2D eigenvalue weighted by Gasteiger charge is -2.32. The van der Waals surface area contributed by atoms with Gasteiger partial charge in [0.2, 0.25) is 0 Å². The molecule has 3 fully saturated rings. The number of esters is 1. The third-order valence-corrected chi connectivity index (χ3v) is 12.3. The molecule has 0 bridgehead atoms. The molecule has 2 aromatic heterocycles. The molecule has 2 atom stereocenters. The van der Waals surface area contributed by atoms with Crippen LogP contribution in [-0.4, -0.2) is 69.3 Å². The predicted octanol–water partition coefficient (Wildman–Crippen LogP) is 11.6. The Morgan fingerprint density at radius 1 is 0.797 bits per heavy atom. The summed E-state index contributed by atoms with van der Waals surface area (Å²) in [6.07, 6.45) is 13.1. The zero-order chi connectivity index (χ0) is 45.5. The molecule has 3 aliphatic heterocycles. The first-order valence-electron chi connectivity index (χ1n) is 23.4. The number of ether oxygens (including phenoxy) is 4. The lowest BCUT2D eigenvalue weighted by molar-refractivity contribution is -0.155. The van der Waals surface area contributed by atoms with Gasteiger partial charge in [0, 0.05) is 42.4 Å². The average molecular weight is 871 g/mol. The van der Waals surface area contributed by atoms with Crippen LogP contribution in [0.5, 0.6) is 5.75 Å². The number of aromatic nitrogens is 4. The van der Waals surface area contributed by atoms with Crippen molar-refractivity contribution in [2.24, 2.45) is 0 Å². The van der Waals surface area contributed by atoms with Crippen LogP contribution in [-0.2, 0) is 28.3 Å². The molecule has 3 aliphatic rings. The molecule has 12 heteroatoms. The first-order valence-corrected chi connectivity index (χ1v) is 23.4.